The second kappa shape index (κ2) is 5.24. The molecule has 0 heterocycles. The van der Waals surface area contributed by atoms with Gasteiger partial charge in [-0.3, -0.25) is 0 Å². The molecular weight excluding hydrogens is 232 g/mol. The molecule has 0 saturated carbocycles. The number of fused-ring (bicyclic) bond motifs is 1. The summed E-state index contributed by atoms with van der Waals surface area (Å²) < 4.78 is 0. The summed E-state index contributed by atoms with van der Waals surface area (Å²) in [5.74, 6) is 0.347. The summed E-state index contributed by atoms with van der Waals surface area (Å²) in [5, 5.41) is 9.79. The summed E-state index contributed by atoms with van der Waals surface area (Å²) in [6.45, 7) is 2.15. The number of halogens is 1. The molecule has 17 heavy (non-hydrogen) atoms. The van der Waals surface area contributed by atoms with Crippen LogP contribution >= 0.6 is 11.6 Å². The Kier molecular flexibility index (Phi) is 3.70. The third kappa shape index (κ3) is 3.50. The van der Waals surface area contributed by atoms with Gasteiger partial charge in [0.15, 0.2) is 0 Å². The van der Waals surface area contributed by atoms with E-state index in [0.29, 0.717) is 5.75 Å². The van der Waals surface area contributed by atoms with Crippen molar-refractivity contribution >= 4 is 11.6 Å². The Morgan fingerprint density at radius 2 is 1.59 bits per heavy atom. The third-order valence-corrected chi connectivity index (χ3v) is 2.84. The van der Waals surface area contributed by atoms with E-state index in [1.54, 1.807) is 12.1 Å². The number of phenols is 1. The second-order valence-electron chi connectivity index (χ2n) is 4.15. The normalized spacial score (nSPS) is 10.5. The van der Waals surface area contributed by atoms with Gasteiger partial charge in [-0.25, -0.2) is 0 Å². The highest BCUT2D eigenvalue weighted by Gasteiger charge is 2.11. The lowest BCUT2D eigenvalue weighted by molar-refractivity contribution is 0.475. The first-order valence-electron chi connectivity index (χ1n) is 5.78. The topological polar surface area (TPSA) is 20.2 Å². The maximum Gasteiger partial charge on any atom is 0.115 e. The largest absolute Gasteiger partial charge is 0.508 e. The van der Waals surface area contributed by atoms with E-state index in [1.807, 2.05) is 24.3 Å². The van der Waals surface area contributed by atoms with Crippen LogP contribution in [0.25, 0.3) is 11.1 Å². The maximum absolute atomic E-state index is 8.92. The Hall–Kier alpha value is -1.47. The van der Waals surface area contributed by atoms with Crippen molar-refractivity contribution < 1.29 is 5.11 Å². The minimum atomic E-state index is 0.347. The molecule has 1 N–H and O–H groups in total. The molecule has 0 bridgehead atoms. The lowest BCUT2D eigenvalue weighted by Gasteiger charge is -1.96. The van der Waals surface area contributed by atoms with Crippen molar-refractivity contribution in [2.75, 3.05) is 0 Å². The predicted molar refractivity (Wildman–Crippen MR) is 72.5 cm³/mol. The highest BCUT2D eigenvalue weighted by molar-refractivity contribution is 6.32. The SMILES string of the molecule is CCCc1ccc(O)cc1.Clc1cc2cc-2c1. The number of hydrogen-bond acceptors (Lipinski definition) is 1. The van der Waals surface area contributed by atoms with Gasteiger partial charge in [-0.15, -0.1) is 0 Å². The molecule has 1 aromatic carbocycles. The first kappa shape index (κ1) is 12.0. The zero-order valence-electron chi connectivity index (χ0n) is 9.78. The second-order valence-corrected chi connectivity index (χ2v) is 4.58. The Morgan fingerprint density at radius 3 is 2.00 bits per heavy atom. The van der Waals surface area contributed by atoms with E-state index < -0.39 is 0 Å². The first-order valence-corrected chi connectivity index (χ1v) is 6.15. The monoisotopic (exact) mass is 246 g/mol. The fourth-order valence-corrected chi connectivity index (χ4v) is 1.91. The molecule has 0 saturated heterocycles. The van der Waals surface area contributed by atoms with Gasteiger partial charge in [0, 0.05) is 5.02 Å². The summed E-state index contributed by atoms with van der Waals surface area (Å²) in [5.41, 5.74) is 3.91. The van der Waals surface area contributed by atoms with Gasteiger partial charge >= 0.3 is 0 Å². The minimum absolute atomic E-state index is 0.347. The number of benzene rings is 2. The number of aryl methyl sites for hydroxylation is 1. The number of hydrogen-bond donors (Lipinski definition) is 1. The van der Waals surface area contributed by atoms with Crippen LogP contribution in [0.3, 0.4) is 0 Å². The minimum Gasteiger partial charge on any atom is -0.508 e. The van der Waals surface area contributed by atoms with Gasteiger partial charge in [-0.05, 0) is 53.4 Å². The van der Waals surface area contributed by atoms with Crippen LogP contribution in [0.2, 0.25) is 5.02 Å². The number of aromatic hydroxyl groups is 1. The molecule has 0 fully saturated rings. The Bertz CT molecular complexity index is 483. The molecule has 0 aromatic heterocycles. The number of rotatable bonds is 2. The van der Waals surface area contributed by atoms with Crippen molar-refractivity contribution in [3.8, 4) is 16.9 Å². The van der Waals surface area contributed by atoms with E-state index in [-0.39, 0.29) is 0 Å². The van der Waals surface area contributed by atoms with E-state index in [4.69, 9.17) is 16.7 Å². The highest BCUT2D eigenvalue weighted by Crippen LogP contribution is 2.37. The van der Waals surface area contributed by atoms with Gasteiger partial charge in [-0.2, -0.15) is 0 Å². The fourth-order valence-electron chi connectivity index (χ4n) is 1.67. The number of phenolic OH excluding ortho intramolecular Hbond substituents is 1. The van der Waals surface area contributed by atoms with Gasteiger partial charge in [0.2, 0.25) is 0 Å². The molecule has 1 aromatic rings. The Morgan fingerprint density at radius 1 is 1.00 bits per heavy atom. The molecule has 88 valence electrons. The zero-order chi connectivity index (χ0) is 12.3. The van der Waals surface area contributed by atoms with Gasteiger partial charge in [0.1, 0.15) is 5.75 Å². The standard InChI is InChI=1S/C9H12O.C6H3Cl/c1-2-3-8-4-6-9(10)7-5-8;7-6-2-4-1-5(4)3-6/h4-7,10H,2-3H2,1H3;1-3H. The van der Waals surface area contributed by atoms with Crippen LogP contribution in [0.5, 0.6) is 5.75 Å². The molecule has 0 amide bonds. The molecule has 0 unspecified atom stereocenters. The van der Waals surface area contributed by atoms with Gasteiger partial charge < -0.3 is 5.11 Å². The fraction of sp³-hybridized carbons (Fsp3) is 0.200. The predicted octanol–water partition coefficient (Wildman–Crippen LogP) is 4.67. The van der Waals surface area contributed by atoms with Crippen molar-refractivity contribution in [3.05, 3.63) is 53.1 Å². The average Bonchev–Trinajstić information content (AvgIpc) is 2.91. The molecule has 2 heteroatoms. The third-order valence-electron chi connectivity index (χ3n) is 2.62. The molecule has 0 aliphatic heterocycles. The summed E-state index contributed by atoms with van der Waals surface area (Å²) in [6.07, 6.45) is 2.26. The lowest BCUT2D eigenvalue weighted by Crippen LogP contribution is -1.79. The van der Waals surface area contributed by atoms with Crippen molar-refractivity contribution in [2.45, 2.75) is 19.8 Å². The molecule has 3 rings (SSSR count). The van der Waals surface area contributed by atoms with Gasteiger partial charge in [-0.1, -0.05) is 37.1 Å². The van der Waals surface area contributed by atoms with Crippen LogP contribution in [-0.4, -0.2) is 5.11 Å². The molecule has 2 aliphatic rings. The van der Waals surface area contributed by atoms with Crippen LogP contribution in [0, 0.1) is 0 Å². The van der Waals surface area contributed by atoms with Crippen LogP contribution in [0.1, 0.15) is 18.9 Å². The summed E-state index contributed by atoms with van der Waals surface area (Å²) >= 11 is 5.58. The smallest absolute Gasteiger partial charge is 0.115 e. The summed E-state index contributed by atoms with van der Waals surface area (Å²) in [4.78, 5) is 0. The molecule has 0 atom stereocenters. The van der Waals surface area contributed by atoms with Crippen LogP contribution in [0.15, 0.2) is 42.5 Å². The molecular formula is C15H15ClO. The van der Waals surface area contributed by atoms with E-state index >= 15 is 0 Å². The Labute approximate surface area is 107 Å². The van der Waals surface area contributed by atoms with E-state index in [9.17, 15) is 0 Å². The first-order chi connectivity index (χ1) is 8.19. The van der Waals surface area contributed by atoms with Crippen LogP contribution < -0.4 is 0 Å². The summed E-state index contributed by atoms with van der Waals surface area (Å²) in [6, 6.07) is 13.4. The van der Waals surface area contributed by atoms with Crippen molar-refractivity contribution in [2.24, 2.45) is 0 Å². The van der Waals surface area contributed by atoms with Crippen molar-refractivity contribution in [1.29, 1.82) is 0 Å². The lowest BCUT2D eigenvalue weighted by atomic mass is 10.1. The maximum atomic E-state index is 8.92. The van der Waals surface area contributed by atoms with Crippen LogP contribution in [0.4, 0.5) is 0 Å². The molecule has 0 radical (unpaired) electrons. The zero-order valence-corrected chi connectivity index (χ0v) is 10.5. The quantitative estimate of drug-likeness (QED) is 0.697. The van der Waals surface area contributed by atoms with E-state index in [2.05, 4.69) is 13.0 Å². The van der Waals surface area contributed by atoms with E-state index in [1.165, 1.54) is 16.7 Å². The molecule has 2 aliphatic carbocycles. The van der Waals surface area contributed by atoms with Gasteiger partial charge in [0.05, 0.1) is 0 Å². The van der Waals surface area contributed by atoms with E-state index in [0.717, 1.165) is 17.9 Å². The van der Waals surface area contributed by atoms with Gasteiger partial charge in [0.25, 0.3) is 0 Å². The van der Waals surface area contributed by atoms with Crippen molar-refractivity contribution in [3.63, 3.8) is 0 Å². The van der Waals surface area contributed by atoms with Crippen LogP contribution in [-0.2, 0) is 6.42 Å². The highest BCUT2D eigenvalue weighted by atomic mass is 35.5. The summed E-state index contributed by atoms with van der Waals surface area (Å²) in [7, 11) is 0. The molecule has 0 spiro atoms. The molecule has 1 nitrogen and oxygen atoms in total. The van der Waals surface area contributed by atoms with Crippen molar-refractivity contribution in [1.82, 2.24) is 0 Å². The Balaban J connectivity index is 0.000000134. The average molecular weight is 247 g/mol.